The highest BCUT2D eigenvalue weighted by atomic mass is 127. The Kier molecular flexibility index (Phi) is 6.85. The number of carbonyl (C=O) groups is 2. The highest BCUT2D eigenvalue weighted by Crippen LogP contribution is 2.29. The number of benzene rings is 3. The predicted octanol–water partition coefficient (Wildman–Crippen LogP) is 4.75. The zero-order valence-corrected chi connectivity index (χ0v) is 18.4. The van der Waals surface area contributed by atoms with E-state index in [1.807, 2.05) is 22.6 Å². The van der Waals surface area contributed by atoms with Crippen LogP contribution in [0.3, 0.4) is 0 Å². The standard InChI is InChI=1S/C22H17IN2O6/c1-13-7-9-17(18(11-13)25(29)30)24-21(27)20(14-5-3-2-4-6-14)31-22(28)16-12-15(23)8-10-19(16)26/h2-12,20,26H,1H3,(H,24,27)/t20-/m0/s1. The van der Waals surface area contributed by atoms with Gasteiger partial charge < -0.3 is 15.2 Å². The summed E-state index contributed by atoms with van der Waals surface area (Å²) >= 11 is 1.98. The molecule has 0 spiro atoms. The number of ether oxygens (including phenoxy) is 1. The average Bonchev–Trinajstić information content (AvgIpc) is 2.75. The molecule has 1 atom stereocenters. The molecule has 3 aromatic carbocycles. The van der Waals surface area contributed by atoms with Crippen LogP contribution in [0, 0.1) is 20.6 Å². The number of phenols is 1. The number of nitro groups is 1. The molecule has 3 rings (SSSR count). The lowest BCUT2D eigenvalue weighted by Gasteiger charge is -2.18. The summed E-state index contributed by atoms with van der Waals surface area (Å²) in [5.74, 6) is -1.96. The fourth-order valence-corrected chi connectivity index (χ4v) is 3.33. The van der Waals surface area contributed by atoms with Crippen LogP contribution in [0.5, 0.6) is 5.75 Å². The summed E-state index contributed by atoms with van der Waals surface area (Å²) in [6.07, 6.45) is -1.40. The van der Waals surface area contributed by atoms with Crippen molar-refractivity contribution in [1.82, 2.24) is 0 Å². The van der Waals surface area contributed by atoms with Crippen molar-refractivity contribution in [3.63, 3.8) is 0 Å². The maximum Gasteiger partial charge on any atom is 0.343 e. The van der Waals surface area contributed by atoms with E-state index in [2.05, 4.69) is 5.32 Å². The zero-order valence-electron chi connectivity index (χ0n) is 16.2. The Labute approximate surface area is 191 Å². The number of phenolic OH excluding ortho intramolecular Hbond substituents is 1. The summed E-state index contributed by atoms with van der Waals surface area (Å²) in [6.45, 7) is 1.70. The van der Waals surface area contributed by atoms with Crippen LogP contribution in [0.2, 0.25) is 0 Å². The summed E-state index contributed by atoms with van der Waals surface area (Å²) < 4.78 is 6.13. The molecular formula is C22H17IN2O6. The normalized spacial score (nSPS) is 11.4. The summed E-state index contributed by atoms with van der Waals surface area (Å²) in [5, 5.41) is 23.9. The van der Waals surface area contributed by atoms with Gasteiger partial charge in [-0.3, -0.25) is 14.9 Å². The second-order valence-corrected chi connectivity index (χ2v) is 7.87. The molecule has 1 amide bonds. The smallest absolute Gasteiger partial charge is 0.343 e. The molecule has 158 valence electrons. The Morgan fingerprint density at radius 3 is 2.48 bits per heavy atom. The van der Waals surface area contributed by atoms with Crippen LogP contribution < -0.4 is 5.32 Å². The summed E-state index contributed by atoms with van der Waals surface area (Å²) in [5.41, 5.74) is 0.636. The Morgan fingerprint density at radius 2 is 1.81 bits per heavy atom. The van der Waals surface area contributed by atoms with E-state index in [4.69, 9.17) is 4.74 Å². The molecule has 0 heterocycles. The molecule has 0 aliphatic rings. The molecule has 0 aliphatic heterocycles. The first-order chi connectivity index (χ1) is 14.8. The first kappa shape index (κ1) is 22.2. The number of nitrogens with zero attached hydrogens (tertiary/aromatic N) is 1. The lowest BCUT2D eigenvalue weighted by molar-refractivity contribution is -0.384. The van der Waals surface area contributed by atoms with Gasteiger partial charge in [0.2, 0.25) is 6.10 Å². The summed E-state index contributed by atoms with van der Waals surface area (Å²) in [4.78, 5) is 36.5. The number of hydrogen-bond donors (Lipinski definition) is 2. The number of hydrogen-bond acceptors (Lipinski definition) is 6. The Bertz CT molecular complexity index is 1150. The lowest BCUT2D eigenvalue weighted by atomic mass is 10.1. The fourth-order valence-electron chi connectivity index (χ4n) is 2.84. The van der Waals surface area contributed by atoms with E-state index in [1.54, 1.807) is 49.4 Å². The number of carbonyl (C=O) groups excluding carboxylic acids is 2. The van der Waals surface area contributed by atoms with Crippen LogP contribution in [-0.4, -0.2) is 21.9 Å². The third kappa shape index (κ3) is 5.37. The molecule has 0 radical (unpaired) electrons. The molecule has 0 bridgehead atoms. The van der Waals surface area contributed by atoms with Crippen LogP contribution in [0.4, 0.5) is 11.4 Å². The van der Waals surface area contributed by atoms with E-state index in [1.165, 1.54) is 24.3 Å². The van der Waals surface area contributed by atoms with Gasteiger partial charge in [0.1, 0.15) is 17.0 Å². The molecule has 0 aliphatic carbocycles. The zero-order chi connectivity index (χ0) is 22.5. The van der Waals surface area contributed by atoms with Gasteiger partial charge in [-0.15, -0.1) is 0 Å². The summed E-state index contributed by atoms with van der Waals surface area (Å²) in [6, 6.07) is 17.0. The number of halogens is 1. The quantitative estimate of drug-likeness (QED) is 0.205. The van der Waals surface area contributed by atoms with Gasteiger partial charge in [-0.1, -0.05) is 36.4 Å². The van der Waals surface area contributed by atoms with Crippen LogP contribution in [0.15, 0.2) is 66.7 Å². The van der Waals surface area contributed by atoms with Crippen LogP contribution in [0.1, 0.15) is 27.6 Å². The Morgan fingerprint density at radius 1 is 1.10 bits per heavy atom. The van der Waals surface area contributed by atoms with E-state index < -0.39 is 22.9 Å². The second kappa shape index (κ2) is 9.56. The maximum atomic E-state index is 13.0. The highest BCUT2D eigenvalue weighted by molar-refractivity contribution is 14.1. The fraction of sp³-hybridized carbons (Fsp3) is 0.0909. The molecule has 9 heteroatoms. The van der Waals surface area contributed by atoms with Gasteiger partial charge in [-0.25, -0.2) is 4.79 Å². The van der Waals surface area contributed by atoms with Crippen molar-refractivity contribution in [2.24, 2.45) is 0 Å². The van der Waals surface area contributed by atoms with Crippen molar-refractivity contribution in [2.45, 2.75) is 13.0 Å². The van der Waals surface area contributed by atoms with Gasteiger partial charge in [-0.2, -0.15) is 0 Å². The van der Waals surface area contributed by atoms with Gasteiger partial charge >= 0.3 is 5.97 Å². The van der Waals surface area contributed by atoms with Gasteiger partial charge in [0.15, 0.2) is 0 Å². The number of aromatic hydroxyl groups is 1. The molecule has 3 aromatic rings. The maximum absolute atomic E-state index is 13.0. The SMILES string of the molecule is Cc1ccc(NC(=O)[C@@H](OC(=O)c2cc(I)ccc2O)c2ccccc2)c([N+](=O)[O-])c1. The van der Waals surface area contributed by atoms with E-state index >= 15 is 0 Å². The largest absolute Gasteiger partial charge is 0.507 e. The molecule has 2 N–H and O–H groups in total. The van der Waals surface area contributed by atoms with Crippen molar-refractivity contribution >= 4 is 45.8 Å². The van der Waals surface area contributed by atoms with Crippen LogP contribution >= 0.6 is 22.6 Å². The first-order valence-electron chi connectivity index (χ1n) is 9.06. The first-order valence-corrected chi connectivity index (χ1v) is 10.1. The van der Waals surface area contributed by atoms with E-state index in [9.17, 15) is 24.8 Å². The predicted molar refractivity (Wildman–Crippen MR) is 122 cm³/mol. The van der Waals surface area contributed by atoms with Crippen molar-refractivity contribution in [3.8, 4) is 5.75 Å². The molecule has 31 heavy (non-hydrogen) atoms. The van der Waals surface area contributed by atoms with Gasteiger partial charge in [0.25, 0.3) is 11.6 Å². The molecule has 0 saturated heterocycles. The monoisotopic (exact) mass is 532 g/mol. The van der Waals surface area contributed by atoms with E-state index in [0.29, 0.717) is 14.7 Å². The lowest BCUT2D eigenvalue weighted by Crippen LogP contribution is -2.26. The molecule has 0 unspecified atom stereocenters. The number of aryl methyl sites for hydroxylation is 1. The number of rotatable bonds is 6. The van der Waals surface area contributed by atoms with Crippen LogP contribution in [0.25, 0.3) is 0 Å². The van der Waals surface area contributed by atoms with Gasteiger partial charge in [0, 0.05) is 15.2 Å². The number of amides is 1. The van der Waals surface area contributed by atoms with Crippen molar-refractivity contribution in [1.29, 1.82) is 0 Å². The minimum absolute atomic E-state index is 0.0188. The molecule has 8 nitrogen and oxygen atoms in total. The minimum Gasteiger partial charge on any atom is -0.507 e. The highest BCUT2D eigenvalue weighted by Gasteiger charge is 2.28. The average molecular weight is 532 g/mol. The van der Waals surface area contributed by atoms with E-state index in [0.717, 1.165) is 0 Å². The van der Waals surface area contributed by atoms with Crippen molar-refractivity contribution in [2.75, 3.05) is 5.32 Å². The topological polar surface area (TPSA) is 119 Å². The number of esters is 1. The number of anilines is 1. The van der Waals surface area contributed by atoms with E-state index in [-0.39, 0.29) is 22.7 Å². The summed E-state index contributed by atoms with van der Waals surface area (Å²) in [7, 11) is 0. The third-order valence-corrected chi connectivity index (χ3v) is 5.02. The Hall–Kier alpha value is -3.47. The number of nitro benzene ring substituents is 1. The molecule has 0 fully saturated rings. The third-order valence-electron chi connectivity index (χ3n) is 4.35. The number of nitrogens with one attached hydrogen (secondary N) is 1. The Balaban J connectivity index is 1.93. The molecule has 0 aromatic heterocycles. The van der Waals surface area contributed by atoms with Crippen molar-refractivity contribution < 1.29 is 24.4 Å². The minimum atomic E-state index is -1.40. The molecular weight excluding hydrogens is 515 g/mol. The van der Waals surface area contributed by atoms with Crippen molar-refractivity contribution in [3.05, 3.63) is 97.1 Å². The van der Waals surface area contributed by atoms with Gasteiger partial charge in [0.05, 0.1) is 4.92 Å². The second-order valence-electron chi connectivity index (χ2n) is 6.62. The van der Waals surface area contributed by atoms with Crippen LogP contribution in [-0.2, 0) is 9.53 Å². The van der Waals surface area contributed by atoms with Gasteiger partial charge in [-0.05, 0) is 59.3 Å². The molecule has 0 saturated carbocycles.